The molecule has 1 unspecified atom stereocenters. The number of Topliss-reactive ketones (excluding diaryl/α,β-unsaturated/α-hetero) is 1. The average Bonchev–Trinajstić information content (AvgIpc) is 3.43. The summed E-state index contributed by atoms with van der Waals surface area (Å²) in [5, 5.41) is 10.1. The third-order valence-corrected chi connectivity index (χ3v) is 8.60. The van der Waals surface area contributed by atoms with E-state index in [2.05, 4.69) is 11.0 Å². The number of hydrogen-bond acceptors (Lipinski definition) is 8. The number of unbranched alkanes of at least 4 members (excludes halogenated alkanes) is 1. The molecule has 1 saturated heterocycles. The van der Waals surface area contributed by atoms with Crippen molar-refractivity contribution in [1.29, 1.82) is 0 Å². The summed E-state index contributed by atoms with van der Waals surface area (Å²) in [4.78, 5) is 27.9. The van der Waals surface area contributed by atoms with Gasteiger partial charge in [0.2, 0.25) is 0 Å². The van der Waals surface area contributed by atoms with E-state index in [9.17, 15) is 14.7 Å². The molecule has 1 N–H and O–H groups in total. The van der Waals surface area contributed by atoms with Crippen LogP contribution in [0.5, 0.6) is 0 Å². The van der Waals surface area contributed by atoms with Crippen molar-refractivity contribution >= 4 is 23.5 Å². The molecule has 2 fully saturated rings. The number of hydrogen-bond donors (Lipinski definition) is 1. The van der Waals surface area contributed by atoms with Gasteiger partial charge in [0.25, 0.3) is 0 Å². The number of esters is 1. The maximum absolute atomic E-state index is 12.5. The molecule has 0 radical (unpaired) electrons. The maximum atomic E-state index is 12.5. The lowest BCUT2D eigenvalue weighted by molar-refractivity contribution is -0.144. The Morgan fingerprint density at radius 1 is 1.14 bits per heavy atom. The third kappa shape index (κ3) is 7.76. The van der Waals surface area contributed by atoms with Gasteiger partial charge >= 0.3 is 5.97 Å². The molecule has 2 aliphatic carbocycles. The summed E-state index contributed by atoms with van der Waals surface area (Å²) in [6.07, 6.45) is 4.87. The van der Waals surface area contributed by atoms with Gasteiger partial charge in [0.05, 0.1) is 25.9 Å². The van der Waals surface area contributed by atoms with Crippen LogP contribution in [0.15, 0.2) is 23.1 Å². The molecule has 4 rings (SSSR count). The molecule has 1 aromatic rings. The second-order valence-corrected chi connectivity index (χ2v) is 10.8. The molecule has 8 heteroatoms. The molecular formula is C27H39NO6S. The molecule has 1 aromatic carbocycles. The van der Waals surface area contributed by atoms with Crippen molar-refractivity contribution in [2.24, 2.45) is 11.8 Å². The minimum Gasteiger partial charge on any atom is -0.464 e. The van der Waals surface area contributed by atoms with Crippen LogP contribution in [0, 0.1) is 11.8 Å². The molecule has 1 aliphatic heterocycles. The van der Waals surface area contributed by atoms with Crippen LogP contribution in [0.25, 0.3) is 0 Å². The van der Waals surface area contributed by atoms with Crippen LogP contribution in [-0.2, 0) is 30.2 Å². The van der Waals surface area contributed by atoms with E-state index < -0.39 is 0 Å². The number of nitrogens with zero attached hydrogens (tertiary/aromatic N) is 1. The Morgan fingerprint density at radius 3 is 2.86 bits per heavy atom. The van der Waals surface area contributed by atoms with Gasteiger partial charge in [0.1, 0.15) is 12.4 Å². The molecule has 3 aliphatic rings. The van der Waals surface area contributed by atoms with E-state index in [1.165, 1.54) is 10.5 Å². The first-order valence-electron chi connectivity index (χ1n) is 13.1. The fourth-order valence-electron chi connectivity index (χ4n) is 5.21. The van der Waals surface area contributed by atoms with Crippen molar-refractivity contribution in [2.45, 2.75) is 55.9 Å². The number of thioether (sulfide) groups is 1. The number of carbonyl (C=O) groups excluding carboxylic acids is 2. The monoisotopic (exact) mass is 505 g/mol. The number of aliphatic hydroxyl groups excluding tert-OH is 1. The van der Waals surface area contributed by atoms with Crippen LogP contribution in [-0.4, -0.2) is 80.2 Å². The summed E-state index contributed by atoms with van der Waals surface area (Å²) >= 11 is 1.75. The second kappa shape index (κ2) is 13.7. The number of carbonyl (C=O) groups is 2. The zero-order chi connectivity index (χ0) is 24.5. The summed E-state index contributed by atoms with van der Waals surface area (Å²) < 4.78 is 16.6. The number of ketones is 1. The van der Waals surface area contributed by atoms with Crippen LogP contribution in [0.1, 0.15) is 55.8 Å². The molecule has 194 valence electrons. The number of morpholine rings is 1. The summed E-state index contributed by atoms with van der Waals surface area (Å²) in [7, 11) is 0. The standard InChI is InChI=1S/C27H39NO6S/c29-24-10-8-22-21(24)4-3-5-26(22)35-19-23-20(7-9-25(23)30)18-33-14-2-1-6-27(31)34-17-13-28-11-15-32-16-12-28/h3-5,20,23-24,29H,1-2,6-19H2/t20-,23-,24?/m1/s1. The molecule has 1 heterocycles. The van der Waals surface area contributed by atoms with Gasteiger partial charge in [-0.15, -0.1) is 11.8 Å². The molecule has 3 atom stereocenters. The van der Waals surface area contributed by atoms with Gasteiger partial charge in [-0.1, -0.05) is 12.1 Å². The summed E-state index contributed by atoms with van der Waals surface area (Å²) in [5.74, 6) is 1.27. The summed E-state index contributed by atoms with van der Waals surface area (Å²) in [5.41, 5.74) is 2.30. The third-order valence-electron chi connectivity index (χ3n) is 7.38. The van der Waals surface area contributed by atoms with Gasteiger partial charge in [-0.05, 0) is 55.2 Å². The quantitative estimate of drug-likeness (QED) is 0.248. The number of aliphatic hydroxyl groups is 1. The molecule has 7 nitrogen and oxygen atoms in total. The Bertz CT molecular complexity index is 843. The van der Waals surface area contributed by atoms with Gasteiger partial charge in [-0.3, -0.25) is 14.5 Å². The van der Waals surface area contributed by atoms with Crippen molar-refractivity contribution in [3.8, 4) is 0 Å². The Kier molecular flexibility index (Phi) is 10.5. The molecule has 0 amide bonds. The van der Waals surface area contributed by atoms with E-state index in [4.69, 9.17) is 14.2 Å². The molecule has 0 bridgehead atoms. The highest BCUT2D eigenvalue weighted by Crippen LogP contribution is 2.40. The molecule has 1 saturated carbocycles. The highest BCUT2D eigenvalue weighted by molar-refractivity contribution is 7.99. The molecule has 0 spiro atoms. The van der Waals surface area contributed by atoms with Crippen LogP contribution < -0.4 is 0 Å². The number of benzene rings is 1. The van der Waals surface area contributed by atoms with Crippen molar-refractivity contribution in [1.82, 2.24) is 4.90 Å². The second-order valence-electron chi connectivity index (χ2n) is 9.77. The van der Waals surface area contributed by atoms with Crippen LogP contribution in [0.3, 0.4) is 0 Å². The van der Waals surface area contributed by atoms with Crippen molar-refractivity contribution < 1.29 is 28.9 Å². The SMILES string of the molecule is O=C(CCCCOC[C@H]1CCC(=O)[C@@H]1CSc1cccc2c1CCC2O)OCCN1CCOCC1. The minimum atomic E-state index is -0.350. The first kappa shape index (κ1) is 26.6. The normalized spacial score (nSPS) is 24.6. The zero-order valence-corrected chi connectivity index (χ0v) is 21.4. The van der Waals surface area contributed by atoms with Crippen LogP contribution in [0.4, 0.5) is 0 Å². The smallest absolute Gasteiger partial charge is 0.305 e. The van der Waals surface area contributed by atoms with E-state index in [1.54, 1.807) is 11.8 Å². The first-order valence-corrected chi connectivity index (χ1v) is 14.1. The predicted molar refractivity (Wildman–Crippen MR) is 135 cm³/mol. The number of fused-ring (bicyclic) bond motifs is 1. The fourth-order valence-corrected chi connectivity index (χ4v) is 6.60. The topological polar surface area (TPSA) is 85.3 Å². The van der Waals surface area contributed by atoms with Gasteiger partial charge < -0.3 is 19.3 Å². The zero-order valence-electron chi connectivity index (χ0n) is 20.6. The van der Waals surface area contributed by atoms with Crippen LogP contribution >= 0.6 is 11.8 Å². The van der Waals surface area contributed by atoms with Crippen LogP contribution in [0.2, 0.25) is 0 Å². The predicted octanol–water partition coefficient (Wildman–Crippen LogP) is 3.42. The van der Waals surface area contributed by atoms with Gasteiger partial charge in [0.15, 0.2) is 0 Å². The molecular weight excluding hydrogens is 466 g/mol. The maximum Gasteiger partial charge on any atom is 0.305 e. The minimum absolute atomic E-state index is 0.0311. The summed E-state index contributed by atoms with van der Waals surface area (Å²) in [6.45, 7) is 5.73. The Balaban J connectivity index is 1.08. The van der Waals surface area contributed by atoms with Gasteiger partial charge in [-0.25, -0.2) is 0 Å². The highest BCUT2D eigenvalue weighted by atomic mass is 32.2. The van der Waals surface area contributed by atoms with E-state index in [0.717, 1.165) is 76.3 Å². The largest absolute Gasteiger partial charge is 0.464 e. The molecule has 0 aromatic heterocycles. The lowest BCUT2D eigenvalue weighted by atomic mass is 9.98. The fraction of sp³-hybridized carbons (Fsp3) is 0.704. The Hall–Kier alpha value is -1.45. The van der Waals surface area contributed by atoms with E-state index in [-0.39, 0.29) is 23.9 Å². The van der Waals surface area contributed by atoms with Crippen molar-refractivity contribution in [3.05, 3.63) is 29.3 Å². The number of ether oxygens (including phenoxy) is 3. The van der Waals surface area contributed by atoms with Crippen molar-refractivity contribution in [3.63, 3.8) is 0 Å². The lowest BCUT2D eigenvalue weighted by Gasteiger charge is -2.26. The Labute approximate surface area is 212 Å². The van der Waals surface area contributed by atoms with Crippen molar-refractivity contribution in [2.75, 3.05) is 58.4 Å². The average molecular weight is 506 g/mol. The number of rotatable bonds is 13. The van der Waals surface area contributed by atoms with E-state index in [1.807, 2.05) is 12.1 Å². The molecule has 35 heavy (non-hydrogen) atoms. The summed E-state index contributed by atoms with van der Waals surface area (Å²) in [6, 6.07) is 6.13. The lowest BCUT2D eigenvalue weighted by Crippen LogP contribution is -2.38. The van der Waals surface area contributed by atoms with E-state index >= 15 is 0 Å². The van der Waals surface area contributed by atoms with Gasteiger partial charge in [-0.2, -0.15) is 0 Å². The Morgan fingerprint density at radius 2 is 2.00 bits per heavy atom. The first-order chi connectivity index (χ1) is 17.1. The highest BCUT2D eigenvalue weighted by Gasteiger charge is 2.35. The van der Waals surface area contributed by atoms with E-state index in [0.29, 0.717) is 38.4 Å². The van der Waals surface area contributed by atoms with Gasteiger partial charge in [0, 0.05) is 55.6 Å².